The van der Waals surface area contributed by atoms with Crippen molar-refractivity contribution in [1.29, 1.82) is 0 Å². The molecular formula is C36H25BO2S. The van der Waals surface area contributed by atoms with Crippen LogP contribution in [0.2, 0.25) is 0 Å². The van der Waals surface area contributed by atoms with Crippen molar-refractivity contribution in [1.82, 2.24) is 0 Å². The summed E-state index contributed by atoms with van der Waals surface area (Å²) in [5.74, 6) is 0.651. The molecule has 0 saturated carbocycles. The summed E-state index contributed by atoms with van der Waals surface area (Å²) in [6.07, 6.45) is 0. The molecular weight excluding hydrogens is 507 g/mol. The smallest absolute Gasteiger partial charge is 0.504 e. The van der Waals surface area contributed by atoms with Gasteiger partial charge in [-0.15, -0.1) is 11.3 Å². The first-order valence-corrected chi connectivity index (χ1v) is 14.1. The SMILES string of the molecule is OBOc1cccc(-c2cccc(-c3cc(-c4ccccc4)cc4c3sc3ccc(-c5ccccc5)cc34)c2)c1. The second kappa shape index (κ2) is 10.5. The maximum absolute atomic E-state index is 9.22. The summed E-state index contributed by atoms with van der Waals surface area (Å²) in [4.78, 5) is 0. The van der Waals surface area contributed by atoms with Crippen molar-refractivity contribution >= 4 is 39.2 Å². The van der Waals surface area contributed by atoms with Crippen molar-refractivity contribution in [3.8, 4) is 50.3 Å². The minimum Gasteiger partial charge on any atom is -0.539 e. The Hall–Kier alpha value is -4.64. The lowest BCUT2D eigenvalue weighted by molar-refractivity contribution is 0.454. The largest absolute Gasteiger partial charge is 0.539 e. The minimum atomic E-state index is -0.342. The summed E-state index contributed by atoms with van der Waals surface area (Å²) in [5.41, 5.74) is 9.41. The molecule has 0 spiro atoms. The van der Waals surface area contributed by atoms with Crippen LogP contribution in [-0.2, 0) is 0 Å². The van der Waals surface area contributed by atoms with E-state index >= 15 is 0 Å². The molecule has 0 saturated heterocycles. The van der Waals surface area contributed by atoms with E-state index in [1.54, 1.807) is 0 Å². The fraction of sp³-hybridized carbons (Fsp3) is 0. The van der Waals surface area contributed by atoms with E-state index in [1.807, 2.05) is 29.5 Å². The molecule has 1 N–H and O–H groups in total. The third kappa shape index (κ3) is 4.58. The lowest BCUT2D eigenvalue weighted by Crippen LogP contribution is -1.99. The molecule has 0 atom stereocenters. The zero-order chi connectivity index (χ0) is 26.9. The molecule has 7 rings (SSSR count). The number of hydrogen-bond acceptors (Lipinski definition) is 3. The van der Waals surface area contributed by atoms with Crippen LogP contribution in [0.4, 0.5) is 0 Å². The maximum atomic E-state index is 9.22. The standard InChI is InChI=1S/C36H25BO2S/c38-37-39-31-16-8-14-27(20-31)26-13-7-15-29(19-26)32-22-30(25-11-5-2-6-12-25)23-34-33-21-28(24-9-3-1-4-10-24)17-18-35(33)40-36(32)34/h1-23,37-38H. The number of thiophene rings is 1. The highest BCUT2D eigenvalue weighted by Crippen LogP contribution is 2.44. The topological polar surface area (TPSA) is 29.5 Å². The van der Waals surface area contributed by atoms with Gasteiger partial charge in [-0.1, -0.05) is 97.1 Å². The summed E-state index contributed by atoms with van der Waals surface area (Å²) < 4.78 is 7.91. The number of benzene rings is 6. The van der Waals surface area contributed by atoms with Crippen molar-refractivity contribution in [2.75, 3.05) is 0 Å². The van der Waals surface area contributed by atoms with Crippen LogP contribution in [0.3, 0.4) is 0 Å². The number of fused-ring (bicyclic) bond motifs is 3. The van der Waals surface area contributed by atoms with Gasteiger partial charge in [-0.25, -0.2) is 0 Å². The molecule has 0 aliphatic carbocycles. The van der Waals surface area contributed by atoms with Crippen LogP contribution in [0, 0.1) is 0 Å². The van der Waals surface area contributed by atoms with Crippen molar-refractivity contribution in [2.24, 2.45) is 0 Å². The predicted molar refractivity (Wildman–Crippen MR) is 171 cm³/mol. The zero-order valence-electron chi connectivity index (χ0n) is 21.7. The van der Waals surface area contributed by atoms with E-state index in [9.17, 15) is 5.02 Å². The Balaban J connectivity index is 1.45. The third-order valence-electron chi connectivity index (χ3n) is 7.36. The first-order valence-electron chi connectivity index (χ1n) is 13.3. The molecule has 4 heteroatoms. The molecule has 0 unspecified atom stereocenters. The first-order chi connectivity index (χ1) is 19.8. The van der Waals surface area contributed by atoms with Gasteiger partial charge in [-0.2, -0.15) is 0 Å². The van der Waals surface area contributed by atoms with Crippen LogP contribution in [-0.4, -0.2) is 12.7 Å². The lowest BCUT2D eigenvalue weighted by Gasteiger charge is -2.11. The van der Waals surface area contributed by atoms with Crippen LogP contribution >= 0.6 is 11.3 Å². The fourth-order valence-electron chi connectivity index (χ4n) is 5.41. The van der Waals surface area contributed by atoms with Crippen LogP contribution < -0.4 is 4.65 Å². The third-order valence-corrected chi connectivity index (χ3v) is 8.58. The van der Waals surface area contributed by atoms with Crippen LogP contribution in [0.5, 0.6) is 5.75 Å². The van der Waals surface area contributed by atoms with Crippen molar-refractivity contribution in [3.63, 3.8) is 0 Å². The number of rotatable bonds is 6. The van der Waals surface area contributed by atoms with Gasteiger partial charge in [0.1, 0.15) is 5.75 Å². The molecule has 6 aromatic carbocycles. The van der Waals surface area contributed by atoms with Crippen molar-refractivity contribution in [3.05, 3.63) is 140 Å². The maximum Gasteiger partial charge on any atom is 0.504 e. The Kier molecular flexibility index (Phi) is 6.41. The van der Waals surface area contributed by atoms with E-state index < -0.39 is 0 Å². The monoisotopic (exact) mass is 532 g/mol. The van der Waals surface area contributed by atoms with E-state index in [0.717, 1.165) is 11.1 Å². The molecule has 0 bridgehead atoms. The first kappa shape index (κ1) is 24.4. The molecule has 40 heavy (non-hydrogen) atoms. The summed E-state index contributed by atoms with van der Waals surface area (Å²) in [6.45, 7) is 0. The van der Waals surface area contributed by atoms with Gasteiger partial charge in [0, 0.05) is 25.7 Å². The van der Waals surface area contributed by atoms with Gasteiger partial charge < -0.3 is 9.68 Å². The lowest BCUT2D eigenvalue weighted by atomic mass is 9.93. The molecule has 0 radical (unpaired) electrons. The normalized spacial score (nSPS) is 11.1. The summed E-state index contributed by atoms with van der Waals surface area (Å²) in [7, 11) is -0.342. The van der Waals surface area contributed by atoms with Crippen LogP contribution in [0.25, 0.3) is 64.7 Å². The average Bonchev–Trinajstić information content (AvgIpc) is 3.40. The Bertz CT molecular complexity index is 1960. The average molecular weight is 532 g/mol. The van der Waals surface area contributed by atoms with E-state index in [1.165, 1.54) is 53.6 Å². The highest BCUT2D eigenvalue weighted by molar-refractivity contribution is 7.26. The van der Waals surface area contributed by atoms with Gasteiger partial charge in [-0.05, 0) is 81.4 Å². The Morgan fingerprint density at radius 1 is 0.475 bits per heavy atom. The summed E-state index contributed by atoms with van der Waals surface area (Å²) in [5, 5.41) is 11.8. The number of hydrogen-bond donors (Lipinski definition) is 1. The molecule has 2 nitrogen and oxygen atoms in total. The Labute approximate surface area is 238 Å². The molecule has 0 amide bonds. The van der Waals surface area contributed by atoms with Gasteiger partial charge in [0.05, 0.1) is 0 Å². The van der Waals surface area contributed by atoms with Gasteiger partial charge in [-0.3, -0.25) is 0 Å². The molecule has 7 aromatic rings. The van der Waals surface area contributed by atoms with Gasteiger partial charge in [0.2, 0.25) is 0 Å². The zero-order valence-corrected chi connectivity index (χ0v) is 22.6. The fourth-order valence-corrected chi connectivity index (χ4v) is 6.61. The molecule has 1 aromatic heterocycles. The Morgan fingerprint density at radius 2 is 1.07 bits per heavy atom. The molecule has 0 aliphatic heterocycles. The van der Waals surface area contributed by atoms with E-state index in [4.69, 9.17) is 4.65 Å². The second-order valence-corrected chi connectivity index (χ2v) is 10.9. The predicted octanol–water partition coefficient (Wildman–Crippen LogP) is 9.36. The van der Waals surface area contributed by atoms with Crippen LogP contribution in [0.15, 0.2) is 140 Å². The Morgan fingerprint density at radius 3 is 1.82 bits per heavy atom. The summed E-state index contributed by atoms with van der Waals surface area (Å²) in [6, 6.07) is 49.2. The molecule has 0 fully saturated rings. The van der Waals surface area contributed by atoms with E-state index in [2.05, 4.69) is 121 Å². The second-order valence-electron chi connectivity index (χ2n) is 9.83. The minimum absolute atomic E-state index is 0.342. The van der Waals surface area contributed by atoms with Crippen molar-refractivity contribution in [2.45, 2.75) is 0 Å². The quantitative estimate of drug-likeness (QED) is 0.216. The highest BCUT2D eigenvalue weighted by atomic mass is 32.1. The van der Waals surface area contributed by atoms with Crippen LogP contribution in [0.1, 0.15) is 0 Å². The van der Waals surface area contributed by atoms with Gasteiger partial charge in [0.25, 0.3) is 0 Å². The van der Waals surface area contributed by atoms with E-state index in [-0.39, 0.29) is 7.69 Å². The van der Waals surface area contributed by atoms with Gasteiger partial charge in [0.15, 0.2) is 0 Å². The van der Waals surface area contributed by atoms with Crippen molar-refractivity contribution < 1.29 is 9.68 Å². The molecule has 0 aliphatic rings. The highest BCUT2D eigenvalue weighted by Gasteiger charge is 2.15. The molecule has 1 heterocycles. The molecule has 190 valence electrons. The van der Waals surface area contributed by atoms with E-state index in [0.29, 0.717) is 5.75 Å². The van der Waals surface area contributed by atoms with Gasteiger partial charge >= 0.3 is 7.69 Å². The summed E-state index contributed by atoms with van der Waals surface area (Å²) >= 11 is 1.85.